The van der Waals surface area contributed by atoms with E-state index >= 15 is 0 Å². The number of hydrogen-bond acceptors (Lipinski definition) is 6. The number of anilines is 1. The number of para-hydroxylation sites is 1. The number of benzene rings is 2. The Kier molecular flexibility index (Phi) is 5.33. The molecule has 2 aliphatic rings. The average Bonchev–Trinajstić information content (AvgIpc) is 3.18. The second-order valence-corrected chi connectivity index (χ2v) is 8.62. The molecule has 32 heavy (non-hydrogen) atoms. The Balaban J connectivity index is 1.38. The highest BCUT2D eigenvalue weighted by Gasteiger charge is 2.44. The summed E-state index contributed by atoms with van der Waals surface area (Å²) in [5.41, 5.74) is 0.898. The largest absolute Gasteiger partial charge is 0.494 e. The van der Waals surface area contributed by atoms with E-state index in [1.54, 1.807) is 0 Å². The van der Waals surface area contributed by atoms with Gasteiger partial charge in [-0.05, 0) is 55.9 Å². The maximum atomic E-state index is 14.6. The van der Waals surface area contributed by atoms with Crippen LogP contribution in [-0.4, -0.2) is 47.5 Å². The third-order valence-electron chi connectivity index (χ3n) is 6.58. The van der Waals surface area contributed by atoms with Crippen molar-refractivity contribution >= 4 is 16.7 Å². The van der Waals surface area contributed by atoms with Gasteiger partial charge in [0.25, 0.3) is 0 Å². The van der Waals surface area contributed by atoms with E-state index in [0.717, 1.165) is 35.9 Å². The maximum absolute atomic E-state index is 14.6. The molecular weight excluding hydrogens is 416 g/mol. The smallest absolute Gasteiger partial charge is 0.209 e. The average molecular weight is 441 g/mol. The normalized spacial score (nSPS) is 25.1. The summed E-state index contributed by atoms with van der Waals surface area (Å²) in [4.78, 5) is 11.4. The number of nitrogens with zero attached hydrogens (tertiary/aromatic N) is 3. The van der Waals surface area contributed by atoms with Crippen molar-refractivity contribution in [1.29, 1.82) is 0 Å². The lowest BCUT2D eigenvalue weighted by Crippen LogP contribution is -2.42. The van der Waals surface area contributed by atoms with Crippen LogP contribution in [0.1, 0.15) is 18.7 Å². The third kappa shape index (κ3) is 3.62. The lowest BCUT2D eigenvalue weighted by molar-refractivity contribution is -0.0264. The predicted molar refractivity (Wildman–Crippen MR) is 116 cm³/mol. The molecule has 8 heteroatoms. The van der Waals surface area contributed by atoms with E-state index in [2.05, 4.69) is 9.88 Å². The molecule has 1 aliphatic heterocycles. The second-order valence-electron chi connectivity index (χ2n) is 8.62. The SMILES string of the molecule is COc1ccc(F)c(O[C@@H]2C[C@@H]3CN(c4nc(C)nc5ccccc45)C[C@@H]3C[C@H]2O)c1F. The van der Waals surface area contributed by atoms with E-state index in [1.165, 1.54) is 13.2 Å². The molecule has 1 aliphatic carbocycles. The minimum absolute atomic E-state index is 0.0948. The number of ether oxygens (including phenoxy) is 2. The van der Waals surface area contributed by atoms with Crippen molar-refractivity contribution in [1.82, 2.24) is 9.97 Å². The minimum atomic E-state index is -0.891. The molecule has 4 atom stereocenters. The number of aryl methyl sites for hydroxylation is 1. The third-order valence-corrected chi connectivity index (χ3v) is 6.58. The summed E-state index contributed by atoms with van der Waals surface area (Å²) in [5.74, 6) is -0.237. The highest BCUT2D eigenvalue weighted by Crippen LogP contribution is 2.41. The van der Waals surface area contributed by atoms with Crippen molar-refractivity contribution in [3.8, 4) is 11.5 Å². The zero-order chi connectivity index (χ0) is 22.4. The van der Waals surface area contributed by atoms with E-state index in [1.807, 2.05) is 31.2 Å². The lowest BCUT2D eigenvalue weighted by atomic mass is 9.78. The van der Waals surface area contributed by atoms with Crippen LogP contribution >= 0.6 is 0 Å². The van der Waals surface area contributed by atoms with Crippen LogP contribution in [0.15, 0.2) is 36.4 Å². The number of hydrogen-bond donors (Lipinski definition) is 1. The van der Waals surface area contributed by atoms with Crippen LogP contribution in [-0.2, 0) is 0 Å². The quantitative estimate of drug-likeness (QED) is 0.663. The van der Waals surface area contributed by atoms with Crippen LogP contribution in [0.3, 0.4) is 0 Å². The molecule has 3 aromatic rings. The van der Waals surface area contributed by atoms with Crippen molar-refractivity contribution in [2.75, 3.05) is 25.1 Å². The van der Waals surface area contributed by atoms with Crippen molar-refractivity contribution < 1.29 is 23.4 Å². The molecule has 2 fully saturated rings. The summed E-state index contributed by atoms with van der Waals surface area (Å²) >= 11 is 0. The summed E-state index contributed by atoms with van der Waals surface area (Å²) < 4.78 is 39.4. The van der Waals surface area contributed by atoms with Gasteiger partial charge in [-0.1, -0.05) is 12.1 Å². The Morgan fingerprint density at radius 3 is 2.56 bits per heavy atom. The first-order valence-electron chi connectivity index (χ1n) is 10.8. The van der Waals surface area contributed by atoms with Gasteiger partial charge in [-0.15, -0.1) is 0 Å². The molecule has 0 bridgehead atoms. The zero-order valence-electron chi connectivity index (χ0n) is 18.0. The van der Waals surface area contributed by atoms with Crippen LogP contribution < -0.4 is 14.4 Å². The number of aliphatic hydroxyl groups is 1. The molecule has 6 nitrogen and oxygen atoms in total. The van der Waals surface area contributed by atoms with E-state index in [-0.39, 0.29) is 17.6 Å². The van der Waals surface area contributed by atoms with Crippen LogP contribution in [0.25, 0.3) is 10.9 Å². The first-order chi connectivity index (χ1) is 15.4. The number of aromatic nitrogens is 2. The Hall–Kier alpha value is -3.00. The first-order valence-corrected chi connectivity index (χ1v) is 10.8. The van der Waals surface area contributed by atoms with E-state index < -0.39 is 29.6 Å². The van der Waals surface area contributed by atoms with Crippen molar-refractivity contribution in [3.63, 3.8) is 0 Å². The molecule has 0 amide bonds. The molecule has 0 radical (unpaired) electrons. The Morgan fingerprint density at radius 1 is 1.03 bits per heavy atom. The molecule has 0 unspecified atom stereocenters. The van der Waals surface area contributed by atoms with Crippen LogP contribution in [0.2, 0.25) is 0 Å². The monoisotopic (exact) mass is 441 g/mol. The summed E-state index contributed by atoms with van der Waals surface area (Å²) in [6, 6.07) is 10.2. The van der Waals surface area contributed by atoms with Gasteiger partial charge < -0.3 is 19.5 Å². The van der Waals surface area contributed by atoms with Gasteiger partial charge in [0, 0.05) is 18.5 Å². The van der Waals surface area contributed by atoms with Gasteiger partial charge >= 0.3 is 0 Å². The predicted octanol–water partition coefficient (Wildman–Crippen LogP) is 3.88. The fourth-order valence-corrected chi connectivity index (χ4v) is 5.04. The molecule has 0 spiro atoms. The Morgan fingerprint density at radius 2 is 1.78 bits per heavy atom. The van der Waals surface area contributed by atoms with Crippen molar-refractivity contribution in [2.24, 2.45) is 11.8 Å². The van der Waals surface area contributed by atoms with Gasteiger partial charge in [0.2, 0.25) is 5.82 Å². The van der Waals surface area contributed by atoms with Crippen LogP contribution in [0, 0.1) is 30.4 Å². The van der Waals surface area contributed by atoms with Crippen LogP contribution in [0.5, 0.6) is 11.5 Å². The minimum Gasteiger partial charge on any atom is -0.494 e. The highest BCUT2D eigenvalue weighted by atomic mass is 19.1. The summed E-state index contributed by atoms with van der Waals surface area (Å²) in [5, 5.41) is 11.7. The molecular formula is C24H25F2N3O3. The number of halogens is 2. The standard InChI is InChI=1S/C24H25F2N3O3/c1-13-27-18-6-4-3-5-16(18)24(28-13)29-11-14-9-19(30)21(10-15(14)12-29)32-23-17(25)7-8-20(31-2)22(23)26/h3-8,14-15,19,21,30H,9-12H2,1-2H3/t14-,15+,19+,21+/m0/s1. The molecule has 2 heterocycles. The van der Waals surface area contributed by atoms with Crippen LogP contribution in [0.4, 0.5) is 14.6 Å². The van der Waals surface area contributed by atoms with Gasteiger partial charge in [-0.25, -0.2) is 14.4 Å². The van der Waals surface area contributed by atoms with Gasteiger partial charge in [0.05, 0.1) is 18.7 Å². The molecule has 1 saturated heterocycles. The lowest BCUT2D eigenvalue weighted by Gasteiger charge is -2.35. The zero-order valence-corrected chi connectivity index (χ0v) is 18.0. The number of aliphatic hydroxyl groups excluding tert-OH is 1. The van der Waals surface area contributed by atoms with E-state index in [9.17, 15) is 13.9 Å². The summed E-state index contributed by atoms with van der Waals surface area (Å²) in [6.07, 6.45) is -0.511. The Bertz CT molecular complexity index is 1160. The van der Waals surface area contributed by atoms with E-state index in [0.29, 0.717) is 18.7 Å². The van der Waals surface area contributed by atoms with Crippen molar-refractivity contribution in [3.05, 3.63) is 53.9 Å². The number of rotatable bonds is 4. The Labute approximate surface area is 184 Å². The molecule has 168 valence electrons. The first kappa shape index (κ1) is 20.9. The number of fused-ring (bicyclic) bond motifs is 2. The van der Waals surface area contributed by atoms with Gasteiger partial charge in [-0.2, -0.15) is 4.39 Å². The fourth-order valence-electron chi connectivity index (χ4n) is 5.04. The van der Waals surface area contributed by atoms with Gasteiger partial charge in [0.1, 0.15) is 17.7 Å². The van der Waals surface area contributed by atoms with Gasteiger partial charge in [0.15, 0.2) is 17.3 Å². The second kappa shape index (κ2) is 8.16. The summed E-state index contributed by atoms with van der Waals surface area (Å²) in [7, 11) is 1.31. The molecule has 1 aromatic heterocycles. The molecule has 2 aromatic carbocycles. The van der Waals surface area contributed by atoms with E-state index in [4.69, 9.17) is 14.5 Å². The van der Waals surface area contributed by atoms with Gasteiger partial charge in [-0.3, -0.25) is 0 Å². The topological polar surface area (TPSA) is 67.7 Å². The molecule has 1 saturated carbocycles. The number of methoxy groups -OCH3 is 1. The molecule has 1 N–H and O–H groups in total. The maximum Gasteiger partial charge on any atom is 0.209 e. The highest BCUT2D eigenvalue weighted by molar-refractivity contribution is 5.89. The fraction of sp³-hybridized carbons (Fsp3) is 0.417. The molecule has 5 rings (SSSR count). The summed E-state index contributed by atoms with van der Waals surface area (Å²) in [6.45, 7) is 3.38. The van der Waals surface area contributed by atoms with Crippen molar-refractivity contribution in [2.45, 2.75) is 32.0 Å².